The minimum Gasteiger partial charge on any atom is -0.309 e. The van der Waals surface area contributed by atoms with Crippen LogP contribution in [0.5, 0.6) is 0 Å². The molecule has 4 unspecified atom stereocenters. The van der Waals surface area contributed by atoms with Crippen molar-refractivity contribution in [1.29, 1.82) is 0 Å². The summed E-state index contributed by atoms with van der Waals surface area (Å²) >= 11 is 0. The molecule has 0 saturated heterocycles. The lowest BCUT2D eigenvalue weighted by Gasteiger charge is -2.44. The molecular weight excluding hydrogens is 244 g/mol. The maximum atomic E-state index is 3.73. The monoisotopic (exact) mass is 274 g/mol. The van der Waals surface area contributed by atoms with Gasteiger partial charge in [0.05, 0.1) is 0 Å². The van der Waals surface area contributed by atoms with Gasteiger partial charge in [-0.1, -0.05) is 45.0 Å². The van der Waals surface area contributed by atoms with Crippen LogP contribution in [-0.2, 0) is 0 Å². The van der Waals surface area contributed by atoms with Gasteiger partial charge in [0.1, 0.15) is 0 Å². The molecule has 0 heterocycles. The fraction of sp³-hybridized carbons (Fsp3) is 0.667. The zero-order valence-electron chi connectivity index (χ0n) is 13.7. The molecule has 0 aliphatic heterocycles. The van der Waals surface area contributed by atoms with E-state index in [0.29, 0.717) is 24.0 Å². The van der Waals surface area contributed by atoms with Gasteiger partial charge in [-0.05, 0) is 50.4 Å². The molecule has 2 rings (SSSR count). The maximum Gasteiger partial charge on any atom is 0.0481 e. The summed E-state index contributed by atoms with van der Waals surface area (Å²) in [5, 5.41) is 3.73. The van der Waals surface area contributed by atoms with Gasteiger partial charge in [0, 0.05) is 18.1 Å². The second-order valence-electron chi connectivity index (χ2n) is 6.29. The topological polar surface area (TPSA) is 15.3 Å². The molecule has 0 amide bonds. The summed E-state index contributed by atoms with van der Waals surface area (Å²) in [5.74, 6) is 0.651. The van der Waals surface area contributed by atoms with Gasteiger partial charge in [-0.25, -0.2) is 0 Å². The largest absolute Gasteiger partial charge is 0.309 e. The van der Waals surface area contributed by atoms with Crippen LogP contribution in [0.15, 0.2) is 24.3 Å². The van der Waals surface area contributed by atoms with Crippen LogP contribution in [0, 0.1) is 0 Å². The van der Waals surface area contributed by atoms with Crippen LogP contribution in [0.3, 0.4) is 0 Å². The predicted molar refractivity (Wildman–Crippen MR) is 87.2 cm³/mol. The standard InChI is InChI=1S/C18H30N2/c1-6-14(4)20(5)17-12-13(3)15-10-8-9-11-16(15)18(17)19-7-2/h8-11,13-14,17-19H,6-7,12H2,1-5H3. The molecule has 0 saturated carbocycles. The van der Waals surface area contributed by atoms with Gasteiger partial charge in [-0.3, -0.25) is 4.90 Å². The Balaban J connectivity index is 2.34. The van der Waals surface area contributed by atoms with E-state index in [9.17, 15) is 0 Å². The molecule has 1 aliphatic rings. The molecule has 0 aromatic heterocycles. The zero-order valence-corrected chi connectivity index (χ0v) is 13.7. The molecule has 1 aromatic rings. The van der Waals surface area contributed by atoms with Crippen LogP contribution < -0.4 is 5.32 Å². The van der Waals surface area contributed by atoms with Crippen molar-refractivity contribution in [2.75, 3.05) is 13.6 Å². The smallest absolute Gasteiger partial charge is 0.0481 e. The SMILES string of the molecule is CCNC1c2ccccc2C(C)CC1N(C)C(C)CC. The lowest BCUT2D eigenvalue weighted by Crippen LogP contribution is -2.49. The number of hydrogen-bond donors (Lipinski definition) is 1. The van der Waals surface area contributed by atoms with Crippen molar-refractivity contribution in [3.63, 3.8) is 0 Å². The van der Waals surface area contributed by atoms with Gasteiger partial charge in [0.25, 0.3) is 0 Å². The third-order valence-electron chi connectivity index (χ3n) is 5.08. The van der Waals surface area contributed by atoms with Crippen LogP contribution in [-0.4, -0.2) is 30.6 Å². The number of rotatable bonds is 5. The van der Waals surface area contributed by atoms with Crippen molar-refractivity contribution in [1.82, 2.24) is 10.2 Å². The third kappa shape index (κ3) is 2.91. The number of likely N-dealkylation sites (N-methyl/N-ethyl adjacent to an activating group) is 2. The van der Waals surface area contributed by atoms with Crippen molar-refractivity contribution < 1.29 is 0 Å². The first-order chi connectivity index (χ1) is 9.60. The molecule has 2 nitrogen and oxygen atoms in total. The van der Waals surface area contributed by atoms with E-state index in [2.05, 4.69) is 69.2 Å². The summed E-state index contributed by atoms with van der Waals surface area (Å²) in [6.07, 6.45) is 2.46. The number of nitrogens with zero attached hydrogens (tertiary/aromatic N) is 1. The van der Waals surface area contributed by atoms with Gasteiger partial charge in [0.15, 0.2) is 0 Å². The highest BCUT2D eigenvalue weighted by molar-refractivity contribution is 5.36. The molecular formula is C18H30N2. The minimum atomic E-state index is 0.464. The Morgan fingerprint density at radius 1 is 1.25 bits per heavy atom. The Labute approximate surface area is 124 Å². The molecule has 112 valence electrons. The van der Waals surface area contributed by atoms with Crippen molar-refractivity contribution in [2.24, 2.45) is 0 Å². The Bertz CT molecular complexity index is 429. The summed E-state index contributed by atoms with van der Waals surface area (Å²) < 4.78 is 0. The second-order valence-corrected chi connectivity index (χ2v) is 6.29. The Hall–Kier alpha value is -0.860. The number of benzene rings is 1. The summed E-state index contributed by atoms with van der Waals surface area (Å²) in [5.41, 5.74) is 3.04. The third-order valence-corrected chi connectivity index (χ3v) is 5.08. The van der Waals surface area contributed by atoms with Crippen molar-refractivity contribution in [3.8, 4) is 0 Å². The molecule has 0 radical (unpaired) electrons. The van der Waals surface area contributed by atoms with Crippen LogP contribution >= 0.6 is 0 Å². The Morgan fingerprint density at radius 2 is 1.90 bits per heavy atom. The lowest BCUT2D eigenvalue weighted by molar-refractivity contribution is 0.122. The van der Waals surface area contributed by atoms with Crippen LogP contribution in [0.2, 0.25) is 0 Å². The summed E-state index contributed by atoms with van der Waals surface area (Å²) in [4.78, 5) is 2.58. The Morgan fingerprint density at radius 3 is 2.50 bits per heavy atom. The fourth-order valence-electron chi connectivity index (χ4n) is 3.56. The lowest BCUT2D eigenvalue weighted by atomic mass is 9.77. The van der Waals surface area contributed by atoms with E-state index < -0.39 is 0 Å². The highest BCUT2D eigenvalue weighted by atomic mass is 15.2. The first-order valence-corrected chi connectivity index (χ1v) is 8.14. The van der Waals surface area contributed by atoms with E-state index in [1.54, 1.807) is 0 Å². The van der Waals surface area contributed by atoms with Crippen LogP contribution in [0.4, 0.5) is 0 Å². The highest BCUT2D eigenvalue weighted by Gasteiger charge is 2.35. The molecule has 0 spiro atoms. The maximum absolute atomic E-state index is 3.73. The van der Waals surface area contributed by atoms with E-state index in [-0.39, 0.29) is 0 Å². The van der Waals surface area contributed by atoms with Crippen LogP contribution in [0.1, 0.15) is 63.6 Å². The average Bonchev–Trinajstić information content (AvgIpc) is 2.48. The second kappa shape index (κ2) is 6.73. The molecule has 1 N–H and O–H groups in total. The fourth-order valence-corrected chi connectivity index (χ4v) is 3.56. The average molecular weight is 274 g/mol. The van der Waals surface area contributed by atoms with Crippen molar-refractivity contribution in [3.05, 3.63) is 35.4 Å². The number of nitrogens with one attached hydrogen (secondary N) is 1. The first kappa shape index (κ1) is 15.5. The van der Waals surface area contributed by atoms with E-state index in [0.717, 1.165) is 6.54 Å². The zero-order chi connectivity index (χ0) is 14.7. The van der Waals surface area contributed by atoms with Gasteiger partial charge in [-0.15, -0.1) is 0 Å². The summed E-state index contributed by atoms with van der Waals surface area (Å²) in [6.45, 7) is 10.2. The van der Waals surface area contributed by atoms with E-state index in [1.807, 2.05) is 0 Å². The van der Waals surface area contributed by atoms with Gasteiger partial charge < -0.3 is 5.32 Å². The quantitative estimate of drug-likeness (QED) is 0.875. The van der Waals surface area contributed by atoms with Gasteiger partial charge in [-0.2, -0.15) is 0 Å². The molecule has 4 atom stereocenters. The van der Waals surface area contributed by atoms with Crippen molar-refractivity contribution >= 4 is 0 Å². The van der Waals surface area contributed by atoms with E-state index in [1.165, 1.54) is 24.0 Å². The molecule has 0 bridgehead atoms. The predicted octanol–water partition coefficient (Wildman–Crippen LogP) is 3.94. The van der Waals surface area contributed by atoms with E-state index in [4.69, 9.17) is 0 Å². The highest BCUT2D eigenvalue weighted by Crippen LogP contribution is 2.39. The number of fused-ring (bicyclic) bond motifs is 1. The minimum absolute atomic E-state index is 0.464. The molecule has 0 fully saturated rings. The molecule has 2 heteroatoms. The first-order valence-electron chi connectivity index (χ1n) is 8.14. The van der Waals surface area contributed by atoms with Gasteiger partial charge >= 0.3 is 0 Å². The van der Waals surface area contributed by atoms with Gasteiger partial charge in [0.2, 0.25) is 0 Å². The molecule has 1 aliphatic carbocycles. The normalized spacial score (nSPS) is 27.4. The van der Waals surface area contributed by atoms with Crippen molar-refractivity contribution in [2.45, 2.75) is 64.6 Å². The summed E-state index contributed by atoms with van der Waals surface area (Å²) in [6, 6.07) is 10.7. The van der Waals surface area contributed by atoms with E-state index >= 15 is 0 Å². The number of hydrogen-bond acceptors (Lipinski definition) is 2. The van der Waals surface area contributed by atoms with Crippen LogP contribution in [0.25, 0.3) is 0 Å². The summed E-state index contributed by atoms with van der Waals surface area (Å²) in [7, 11) is 2.30. The Kier molecular flexibility index (Phi) is 5.22. The molecule has 1 aromatic carbocycles. The molecule has 20 heavy (non-hydrogen) atoms.